The number of ether oxygens (including phenoxy) is 2. The predicted octanol–water partition coefficient (Wildman–Crippen LogP) is 4.16. The fourth-order valence-corrected chi connectivity index (χ4v) is 3.58. The minimum Gasteiger partial charge on any atom is -0.479 e. The third kappa shape index (κ3) is 4.79. The van der Waals surface area contributed by atoms with Gasteiger partial charge >= 0.3 is 5.97 Å². The first-order valence-electron chi connectivity index (χ1n) is 10.2. The molecule has 0 spiro atoms. The Morgan fingerprint density at radius 3 is 2.68 bits per heavy atom. The standard InChI is InChI=1S/C25H28N2O4/c1-6-12-26-24(28)20-10-11-23-22(14-20)16(2)17(3)27(23)15-19-8-7-9-21(13-19)31-18(4)25(29)30-5/h6-11,13-14,18H,1,12,15H2,2-5H3,(H,26,28)/t18-/m0/s1. The molecule has 6 heteroatoms. The molecule has 0 fully saturated rings. The Hall–Kier alpha value is -3.54. The molecule has 0 saturated carbocycles. The maximum atomic E-state index is 12.3. The van der Waals surface area contributed by atoms with E-state index in [0.29, 0.717) is 24.4 Å². The lowest BCUT2D eigenvalue weighted by Crippen LogP contribution is -2.24. The minimum atomic E-state index is -0.678. The van der Waals surface area contributed by atoms with E-state index in [1.807, 2.05) is 42.5 Å². The molecule has 0 aliphatic heterocycles. The molecule has 3 aromatic rings. The summed E-state index contributed by atoms with van der Waals surface area (Å²) >= 11 is 0. The van der Waals surface area contributed by atoms with E-state index in [1.54, 1.807) is 13.0 Å². The van der Waals surface area contributed by atoms with Gasteiger partial charge in [0.1, 0.15) is 5.75 Å². The van der Waals surface area contributed by atoms with Crippen molar-refractivity contribution in [1.29, 1.82) is 0 Å². The molecule has 3 rings (SSSR count). The molecular weight excluding hydrogens is 392 g/mol. The average molecular weight is 421 g/mol. The molecule has 31 heavy (non-hydrogen) atoms. The second-order valence-corrected chi connectivity index (χ2v) is 7.46. The summed E-state index contributed by atoms with van der Waals surface area (Å²) in [6, 6.07) is 13.4. The van der Waals surface area contributed by atoms with Crippen LogP contribution in [0, 0.1) is 13.8 Å². The number of amides is 1. The smallest absolute Gasteiger partial charge is 0.346 e. The maximum Gasteiger partial charge on any atom is 0.346 e. The molecule has 2 aromatic carbocycles. The lowest BCUT2D eigenvalue weighted by Gasteiger charge is -2.14. The van der Waals surface area contributed by atoms with E-state index in [2.05, 4.69) is 30.3 Å². The van der Waals surface area contributed by atoms with E-state index >= 15 is 0 Å². The lowest BCUT2D eigenvalue weighted by molar-refractivity contribution is -0.147. The van der Waals surface area contributed by atoms with Crippen molar-refractivity contribution >= 4 is 22.8 Å². The topological polar surface area (TPSA) is 69.6 Å². The first-order chi connectivity index (χ1) is 14.8. The fourth-order valence-electron chi connectivity index (χ4n) is 3.58. The van der Waals surface area contributed by atoms with Gasteiger partial charge in [0.05, 0.1) is 7.11 Å². The molecule has 6 nitrogen and oxygen atoms in total. The van der Waals surface area contributed by atoms with Gasteiger partial charge in [0.2, 0.25) is 0 Å². The number of hydrogen-bond acceptors (Lipinski definition) is 4. The third-order valence-electron chi connectivity index (χ3n) is 5.39. The molecule has 0 radical (unpaired) electrons. The van der Waals surface area contributed by atoms with Gasteiger partial charge in [0.25, 0.3) is 5.91 Å². The Balaban J connectivity index is 1.89. The zero-order valence-corrected chi connectivity index (χ0v) is 18.4. The van der Waals surface area contributed by atoms with E-state index in [1.165, 1.54) is 7.11 Å². The predicted molar refractivity (Wildman–Crippen MR) is 122 cm³/mol. The SMILES string of the molecule is C=CCNC(=O)c1ccc2c(c1)c(C)c(C)n2Cc1cccc(O[C@@H](C)C(=O)OC)c1. The number of carbonyl (C=O) groups excluding carboxylic acids is 2. The highest BCUT2D eigenvalue weighted by Crippen LogP contribution is 2.28. The highest BCUT2D eigenvalue weighted by Gasteiger charge is 2.16. The first kappa shape index (κ1) is 22.2. The molecule has 162 valence electrons. The van der Waals surface area contributed by atoms with Crippen LogP contribution in [0.15, 0.2) is 55.1 Å². The Bertz CT molecular complexity index is 1130. The van der Waals surface area contributed by atoms with Crippen molar-refractivity contribution in [2.75, 3.05) is 13.7 Å². The zero-order valence-electron chi connectivity index (χ0n) is 18.4. The van der Waals surface area contributed by atoms with Gasteiger partial charge in [-0.05, 0) is 62.2 Å². The number of nitrogens with one attached hydrogen (secondary N) is 1. The van der Waals surface area contributed by atoms with Crippen molar-refractivity contribution in [2.24, 2.45) is 0 Å². The van der Waals surface area contributed by atoms with Crippen LogP contribution in [0.25, 0.3) is 10.9 Å². The zero-order chi connectivity index (χ0) is 22.5. The molecule has 0 saturated heterocycles. The van der Waals surface area contributed by atoms with Crippen LogP contribution in [-0.2, 0) is 16.1 Å². The highest BCUT2D eigenvalue weighted by molar-refractivity contribution is 5.99. The van der Waals surface area contributed by atoms with Crippen LogP contribution in [0.4, 0.5) is 0 Å². The number of carbonyl (C=O) groups is 2. The molecule has 0 aliphatic carbocycles. The van der Waals surface area contributed by atoms with Crippen LogP contribution >= 0.6 is 0 Å². The average Bonchev–Trinajstić information content (AvgIpc) is 3.01. The van der Waals surface area contributed by atoms with Crippen LogP contribution in [0.1, 0.15) is 34.1 Å². The number of methoxy groups -OCH3 is 1. The van der Waals surface area contributed by atoms with Gasteiger partial charge in [-0.25, -0.2) is 4.79 Å². The van der Waals surface area contributed by atoms with Crippen LogP contribution in [0.5, 0.6) is 5.75 Å². The van der Waals surface area contributed by atoms with E-state index in [0.717, 1.165) is 27.7 Å². The summed E-state index contributed by atoms with van der Waals surface area (Å²) in [5, 5.41) is 3.87. The molecule has 1 N–H and O–H groups in total. The quantitative estimate of drug-likeness (QED) is 0.439. The summed E-state index contributed by atoms with van der Waals surface area (Å²) in [4.78, 5) is 24.0. The lowest BCUT2D eigenvalue weighted by atomic mass is 10.1. The third-order valence-corrected chi connectivity index (χ3v) is 5.39. The highest BCUT2D eigenvalue weighted by atomic mass is 16.6. The molecule has 1 atom stereocenters. The number of benzene rings is 2. The van der Waals surface area contributed by atoms with Crippen LogP contribution in [-0.4, -0.2) is 36.2 Å². The van der Waals surface area contributed by atoms with Gasteiger partial charge in [0, 0.05) is 35.2 Å². The Labute approximate surface area is 182 Å². The van der Waals surface area contributed by atoms with Crippen molar-refractivity contribution in [3.8, 4) is 5.75 Å². The van der Waals surface area contributed by atoms with Crippen molar-refractivity contribution in [1.82, 2.24) is 9.88 Å². The number of hydrogen-bond donors (Lipinski definition) is 1. The van der Waals surface area contributed by atoms with Crippen molar-refractivity contribution in [3.05, 3.63) is 77.5 Å². The maximum absolute atomic E-state index is 12.3. The van der Waals surface area contributed by atoms with E-state index in [9.17, 15) is 9.59 Å². The van der Waals surface area contributed by atoms with Crippen LogP contribution in [0.2, 0.25) is 0 Å². The van der Waals surface area contributed by atoms with Gasteiger partial charge in [-0.15, -0.1) is 6.58 Å². The normalized spacial score (nSPS) is 11.7. The molecule has 1 aromatic heterocycles. The Kier molecular flexibility index (Phi) is 6.80. The monoisotopic (exact) mass is 420 g/mol. The number of nitrogens with zero attached hydrogens (tertiary/aromatic N) is 1. The fraction of sp³-hybridized carbons (Fsp3) is 0.280. The summed E-state index contributed by atoms with van der Waals surface area (Å²) in [5.41, 5.74) is 5.00. The number of fused-ring (bicyclic) bond motifs is 1. The molecule has 0 bridgehead atoms. The van der Waals surface area contributed by atoms with E-state index in [4.69, 9.17) is 9.47 Å². The summed E-state index contributed by atoms with van der Waals surface area (Å²) in [6.07, 6.45) is 0.980. The van der Waals surface area contributed by atoms with Gasteiger partial charge in [0.15, 0.2) is 6.10 Å². The van der Waals surface area contributed by atoms with E-state index < -0.39 is 12.1 Å². The molecule has 0 aliphatic rings. The summed E-state index contributed by atoms with van der Waals surface area (Å²) in [5.74, 6) is 0.0831. The second-order valence-electron chi connectivity index (χ2n) is 7.46. The Morgan fingerprint density at radius 1 is 1.19 bits per heavy atom. The van der Waals surface area contributed by atoms with Crippen molar-refractivity contribution < 1.29 is 19.1 Å². The van der Waals surface area contributed by atoms with Crippen LogP contribution in [0.3, 0.4) is 0 Å². The summed E-state index contributed by atoms with van der Waals surface area (Å²) < 4.78 is 12.7. The number of aryl methyl sites for hydroxylation is 1. The van der Waals surface area contributed by atoms with Crippen molar-refractivity contribution in [2.45, 2.75) is 33.4 Å². The minimum absolute atomic E-state index is 0.115. The first-order valence-corrected chi connectivity index (χ1v) is 10.2. The summed E-state index contributed by atoms with van der Waals surface area (Å²) in [6.45, 7) is 10.5. The molecule has 1 heterocycles. The van der Waals surface area contributed by atoms with Crippen molar-refractivity contribution in [3.63, 3.8) is 0 Å². The molecule has 1 amide bonds. The number of aromatic nitrogens is 1. The van der Waals surface area contributed by atoms with E-state index in [-0.39, 0.29) is 5.91 Å². The largest absolute Gasteiger partial charge is 0.479 e. The van der Waals surface area contributed by atoms with Gasteiger partial charge in [-0.3, -0.25) is 4.79 Å². The Morgan fingerprint density at radius 2 is 1.97 bits per heavy atom. The molecule has 0 unspecified atom stereocenters. The number of esters is 1. The summed E-state index contributed by atoms with van der Waals surface area (Å²) in [7, 11) is 1.34. The van der Waals surface area contributed by atoms with Crippen LogP contribution < -0.4 is 10.1 Å². The number of rotatable bonds is 8. The van der Waals surface area contributed by atoms with Gasteiger partial charge in [-0.2, -0.15) is 0 Å². The second kappa shape index (κ2) is 9.51. The van der Waals surface area contributed by atoms with Gasteiger partial charge in [-0.1, -0.05) is 18.2 Å². The van der Waals surface area contributed by atoms with Gasteiger partial charge < -0.3 is 19.4 Å². The molecular formula is C25H28N2O4.